The van der Waals surface area contributed by atoms with Crippen LogP contribution in [-0.4, -0.2) is 39.1 Å². The largest absolute Gasteiger partial charge is 0.329 e. The van der Waals surface area contributed by atoms with Crippen molar-refractivity contribution in [3.05, 3.63) is 68.2 Å². The monoisotopic (exact) mass is 363 g/mol. The van der Waals surface area contributed by atoms with E-state index in [-0.39, 0.29) is 24.8 Å². The van der Waals surface area contributed by atoms with E-state index < -0.39 is 22.4 Å². The predicted octanol–water partition coefficient (Wildman–Crippen LogP) is 1.22. The Bertz CT molecular complexity index is 933. The van der Waals surface area contributed by atoms with Gasteiger partial charge in [0.05, 0.1) is 22.7 Å². The number of benzene rings is 1. The van der Waals surface area contributed by atoms with Crippen LogP contribution in [0, 0.1) is 5.82 Å². The number of imide groups is 1. The van der Waals surface area contributed by atoms with Gasteiger partial charge in [0.2, 0.25) is 5.82 Å². The minimum atomic E-state index is -1.08. The lowest BCUT2D eigenvalue weighted by atomic mass is 10.1. The molecule has 130 valence electrons. The number of fused-ring (bicyclic) bond motifs is 1. The third kappa shape index (κ3) is 3.02. The second kappa shape index (κ2) is 6.67. The average molecular weight is 363 g/mol. The van der Waals surface area contributed by atoms with Crippen molar-refractivity contribution < 1.29 is 14.0 Å². The second-order valence-corrected chi connectivity index (χ2v) is 6.45. The zero-order valence-corrected chi connectivity index (χ0v) is 14.0. The highest BCUT2D eigenvalue weighted by atomic mass is 32.2. The molecule has 0 bridgehead atoms. The molecule has 1 atom stereocenters. The van der Waals surface area contributed by atoms with Crippen LogP contribution in [-0.2, 0) is 0 Å². The Morgan fingerprint density at radius 1 is 1.12 bits per heavy atom. The molecule has 2 amide bonds. The number of hydrogen-bond acceptors (Lipinski definition) is 5. The quantitative estimate of drug-likeness (QED) is 0.807. The number of carbonyl (C=O) groups excluding carboxylic acids is 2. The first kappa shape index (κ1) is 17.2. The summed E-state index contributed by atoms with van der Waals surface area (Å²) in [4.78, 5) is 50.7. The molecule has 7 nitrogen and oxygen atoms in total. The van der Waals surface area contributed by atoms with Crippen molar-refractivity contribution in [1.29, 1.82) is 0 Å². The van der Waals surface area contributed by atoms with Gasteiger partial charge in [-0.15, -0.1) is 11.8 Å². The maximum Gasteiger partial charge on any atom is 0.329 e. The van der Waals surface area contributed by atoms with Crippen LogP contribution in [0.15, 0.2) is 40.1 Å². The number of H-pyrrole nitrogens is 1. The first-order chi connectivity index (χ1) is 11.9. The van der Waals surface area contributed by atoms with Gasteiger partial charge in [-0.3, -0.25) is 28.8 Å². The number of rotatable bonds is 5. The van der Waals surface area contributed by atoms with Gasteiger partial charge in [0.1, 0.15) is 0 Å². The van der Waals surface area contributed by atoms with E-state index in [1.165, 1.54) is 11.8 Å². The lowest BCUT2D eigenvalue weighted by molar-refractivity contribution is 0.0650. The van der Waals surface area contributed by atoms with E-state index in [1.807, 2.05) is 4.98 Å². The molecule has 1 aromatic carbocycles. The standard InChI is InChI=1S/C16H14FN3O4S/c1-25-12(20-8-11(17)13(21)18-16(20)24)6-7-19-14(22)9-4-2-3-5-10(9)15(19)23/h2-5,8,12H,6-7H2,1H3,(H,18,21,24). The summed E-state index contributed by atoms with van der Waals surface area (Å²) < 4.78 is 14.5. The van der Waals surface area contributed by atoms with Gasteiger partial charge in [0.15, 0.2) is 0 Å². The average Bonchev–Trinajstić information content (AvgIpc) is 2.84. The SMILES string of the molecule is CSC(CCN1C(=O)c2ccccc2C1=O)n1cc(F)c(=O)[nH]c1=O. The van der Waals surface area contributed by atoms with E-state index in [4.69, 9.17) is 0 Å². The van der Waals surface area contributed by atoms with Gasteiger partial charge in [0.25, 0.3) is 17.4 Å². The zero-order chi connectivity index (χ0) is 18.1. The molecule has 1 unspecified atom stereocenters. The summed E-state index contributed by atoms with van der Waals surface area (Å²) >= 11 is 1.25. The second-order valence-electron chi connectivity index (χ2n) is 5.43. The number of amides is 2. The van der Waals surface area contributed by atoms with Crippen molar-refractivity contribution in [3.8, 4) is 0 Å². The number of nitrogens with zero attached hydrogens (tertiary/aromatic N) is 2. The van der Waals surface area contributed by atoms with Crippen LogP contribution < -0.4 is 11.2 Å². The highest BCUT2D eigenvalue weighted by Crippen LogP contribution is 2.26. The third-order valence-corrected chi connectivity index (χ3v) is 4.99. The Hall–Kier alpha value is -2.68. The first-order valence-corrected chi connectivity index (χ1v) is 8.72. The fraction of sp³-hybridized carbons (Fsp3) is 0.250. The van der Waals surface area contributed by atoms with Gasteiger partial charge in [-0.05, 0) is 24.8 Å². The van der Waals surface area contributed by atoms with Gasteiger partial charge >= 0.3 is 5.69 Å². The van der Waals surface area contributed by atoms with Gasteiger partial charge < -0.3 is 0 Å². The molecule has 1 N–H and O–H groups in total. The molecule has 25 heavy (non-hydrogen) atoms. The molecule has 0 aliphatic carbocycles. The summed E-state index contributed by atoms with van der Waals surface area (Å²) in [5, 5.41) is -0.539. The molecular weight excluding hydrogens is 349 g/mol. The van der Waals surface area contributed by atoms with Crippen molar-refractivity contribution in [3.63, 3.8) is 0 Å². The summed E-state index contributed by atoms with van der Waals surface area (Å²) in [6, 6.07) is 6.54. The Morgan fingerprint density at radius 3 is 2.28 bits per heavy atom. The molecule has 0 radical (unpaired) electrons. The number of hydrogen-bond donors (Lipinski definition) is 1. The third-order valence-electron chi connectivity index (χ3n) is 3.98. The lowest BCUT2D eigenvalue weighted by Gasteiger charge is -2.20. The van der Waals surface area contributed by atoms with E-state index in [0.29, 0.717) is 11.1 Å². The molecule has 0 fully saturated rings. The van der Waals surface area contributed by atoms with E-state index in [2.05, 4.69) is 0 Å². The Labute approximate surface area is 145 Å². The molecule has 3 rings (SSSR count). The van der Waals surface area contributed by atoms with Crippen LogP contribution in [0.5, 0.6) is 0 Å². The molecule has 2 aromatic rings. The molecule has 9 heteroatoms. The van der Waals surface area contributed by atoms with Gasteiger partial charge in [-0.2, -0.15) is 4.39 Å². The maximum atomic E-state index is 13.5. The number of aromatic nitrogens is 2. The summed E-state index contributed by atoms with van der Waals surface area (Å²) in [6.45, 7) is 0.0744. The number of halogens is 1. The molecule has 0 saturated heterocycles. The van der Waals surface area contributed by atoms with E-state index in [1.54, 1.807) is 30.5 Å². The molecule has 1 aliphatic rings. The van der Waals surface area contributed by atoms with Crippen LogP contribution in [0.2, 0.25) is 0 Å². The molecule has 1 aromatic heterocycles. The van der Waals surface area contributed by atoms with E-state index in [0.717, 1.165) is 15.7 Å². The summed E-state index contributed by atoms with van der Waals surface area (Å²) in [7, 11) is 0. The summed E-state index contributed by atoms with van der Waals surface area (Å²) in [5.41, 5.74) is -1.13. The van der Waals surface area contributed by atoms with Crippen LogP contribution in [0.25, 0.3) is 0 Å². The Morgan fingerprint density at radius 2 is 1.72 bits per heavy atom. The predicted molar refractivity (Wildman–Crippen MR) is 90.3 cm³/mol. The zero-order valence-electron chi connectivity index (χ0n) is 13.2. The van der Waals surface area contributed by atoms with Crippen molar-refractivity contribution in [2.24, 2.45) is 0 Å². The maximum absolute atomic E-state index is 13.5. The topological polar surface area (TPSA) is 92.2 Å². The van der Waals surface area contributed by atoms with Gasteiger partial charge in [0, 0.05) is 6.54 Å². The number of nitrogens with one attached hydrogen (secondary N) is 1. The molecular formula is C16H14FN3O4S. The van der Waals surface area contributed by atoms with E-state index >= 15 is 0 Å². The minimum absolute atomic E-state index is 0.0744. The highest BCUT2D eigenvalue weighted by molar-refractivity contribution is 7.98. The number of aromatic amines is 1. The van der Waals surface area contributed by atoms with Gasteiger partial charge in [-0.1, -0.05) is 12.1 Å². The Balaban J connectivity index is 1.80. The molecule has 2 heterocycles. The van der Waals surface area contributed by atoms with Crippen LogP contribution >= 0.6 is 11.8 Å². The molecule has 1 aliphatic heterocycles. The van der Waals surface area contributed by atoms with Gasteiger partial charge in [-0.25, -0.2) is 4.79 Å². The van der Waals surface area contributed by atoms with Crippen LogP contribution in [0.1, 0.15) is 32.5 Å². The summed E-state index contributed by atoms with van der Waals surface area (Å²) in [5.74, 6) is -1.85. The fourth-order valence-electron chi connectivity index (χ4n) is 2.73. The highest BCUT2D eigenvalue weighted by Gasteiger charge is 2.35. The van der Waals surface area contributed by atoms with Crippen LogP contribution in [0.3, 0.4) is 0 Å². The minimum Gasteiger partial charge on any atom is -0.285 e. The van der Waals surface area contributed by atoms with Crippen molar-refractivity contribution in [2.45, 2.75) is 11.8 Å². The van der Waals surface area contributed by atoms with Crippen molar-refractivity contribution >= 4 is 23.6 Å². The van der Waals surface area contributed by atoms with Crippen molar-refractivity contribution in [2.75, 3.05) is 12.8 Å². The van der Waals surface area contributed by atoms with Crippen LogP contribution in [0.4, 0.5) is 4.39 Å². The molecule has 0 saturated carbocycles. The lowest BCUT2D eigenvalue weighted by Crippen LogP contribution is -2.35. The fourth-order valence-corrected chi connectivity index (χ4v) is 3.45. The number of carbonyl (C=O) groups is 2. The molecule has 0 spiro atoms. The number of thioether (sulfide) groups is 1. The van der Waals surface area contributed by atoms with E-state index in [9.17, 15) is 23.6 Å². The Kier molecular flexibility index (Phi) is 4.58. The smallest absolute Gasteiger partial charge is 0.285 e. The normalized spacial score (nSPS) is 14.7. The first-order valence-electron chi connectivity index (χ1n) is 7.43. The van der Waals surface area contributed by atoms with Crippen molar-refractivity contribution in [1.82, 2.24) is 14.5 Å². The summed E-state index contributed by atoms with van der Waals surface area (Å²) in [6.07, 6.45) is 2.78.